The van der Waals surface area contributed by atoms with E-state index in [4.69, 9.17) is 9.84 Å². The molecular weight excluding hydrogens is 252 g/mol. The van der Waals surface area contributed by atoms with Crippen molar-refractivity contribution < 1.29 is 29.0 Å². The van der Waals surface area contributed by atoms with Gasteiger partial charge in [0.25, 0.3) is 0 Å². The second-order valence-corrected chi connectivity index (χ2v) is 3.77. The van der Waals surface area contributed by atoms with E-state index in [0.29, 0.717) is 5.56 Å². The third kappa shape index (κ3) is 3.80. The van der Waals surface area contributed by atoms with Gasteiger partial charge in [-0.3, -0.25) is 9.59 Å². The van der Waals surface area contributed by atoms with Gasteiger partial charge < -0.3 is 14.6 Å². The second-order valence-electron chi connectivity index (χ2n) is 3.77. The number of carboxylic acid groups (broad SMARTS) is 1. The lowest BCUT2D eigenvalue weighted by molar-refractivity contribution is -0.143. The SMILES string of the molecule is COC(=O)CC(=O)Cc1cccc(OC)c1C(=O)O. The number of carboxylic acids is 1. The molecular formula is C13H14O6. The summed E-state index contributed by atoms with van der Waals surface area (Å²) < 4.78 is 9.33. The maximum atomic E-state index is 11.6. The van der Waals surface area contributed by atoms with Crippen molar-refractivity contribution in [3.8, 4) is 5.75 Å². The molecule has 0 aromatic heterocycles. The molecule has 0 aliphatic heterocycles. The van der Waals surface area contributed by atoms with Crippen LogP contribution in [0.4, 0.5) is 0 Å². The van der Waals surface area contributed by atoms with Crippen LogP contribution in [0.15, 0.2) is 18.2 Å². The van der Waals surface area contributed by atoms with Crippen LogP contribution in [0.5, 0.6) is 5.75 Å². The van der Waals surface area contributed by atoms with Crippen LogP contribution in [0.25, 0.3) is 0 Å². The minimum absolute atomic E-state index is 0.0665. The van der Waals surface area contributed by atoms with Crippen molar-refractivity contribution in [1.29, 1.82) is 0 Å². The average Bonchev–Trinajstić information content (AvgIpc) is 2.37. The van der Waals surface area contributed by atoms with E-state index in [2.05, 4.69) is 4.74 Å². The molecule has 0 heterocycles. The zero-order valence-corrected chi connectivity index (χ0v) is 10.6. The Balaban J connectivity index is 2.98. The zero-order chi connectivity index (χ0) is 14.4. The van der Waals surface area contributed by atoms with Crippen LogP contribution in [0, 0.1) is 0 Å². The monoisotopic (exact) mass is 266 g/mol. The van der Waals surface area contributed by atoms with Crippen LogP contribution in [-0.2, 0) is 20.7 Å². The van der Waals surface area contributed by atoms with Crippen molar-refractivity contribution in [2.24, 2.45) is 0 Å². The van der Waals surface area contributed by atoms with Gasteiger partial charge in [-0.15, -0.1) is 0 Å². The fourth-order valence-corrected chi connectivity index (χ4v) is 1.64. The van der Waals surface area contributed by atoms with Crippen molar-refractivity contribution in [2.75, 3.05) is 14.2 Å². The van der Waals surface area contributed by atoms with Crippen LogP contribution in [-0.4, -0.2) is 37.0 Å². The molecule has 1 aromatic carbocycles. The van der Waals surface area contributed by atoms with Crippen molar-refractivity contribution in [3.05, 3.63) is 29.3 Å². The summed E-state index contributed by atoms with van der Waals surface area (Å²) in [5, 5.41) is 9.14. The quantitative estimate of drug-likeness (QED) is 0.611. The molecule has 6 heteroatoms. The molecule has 0 aliphatic carbocycles. The summed E-state index contributed by atoms with van der Waals surface area (Å²) in [6.45, 7) is 0. The number of ether oxygens (including phenoxy) is 2. The van der Waals surface area contributed by atoms with E-state index < -0.39 is 17.7 Å². The average molecular weight is 266 g/mol. The lowest BCUT2D eigenvalue weighted by Crippen LogP contribution is -2.14. The second kappa shape index (κ2) is 6.53. The molecule has 0 aliphatic rings. The number of hydrogen-bond donors (Lipinski definition) is 1. The summed E-state index contributed by atoms with van der Waals surface area (Å²) in [6, 6.07) is 4.60. The van der Waals surface area contributed by atoms with Crippen LogP contribution in [0.3, 0.4) is 0 Å². The van der Waals surface area contributed by atoms with Gasteiger partial charge in [0.2, 0.25) is 0 Å². The highest BCUT2D eigenvalue weighted by molar-refractivity contribution is 5.99. The normalized spacial score (nSPS) is 9.79. The number of carbonyl (C=O) groups excluding carboxylic acids is 2. The number of hydrogen-bond acceptors (Lipinski definition) is 5. The predicted molar refractivity (Wildman–Crippen MR) is 65.3 cm³/mol. The number of ketones is 1. The van der Waals surface area contributed by atoms with Gasteiger partial charge in [-0.2, -0.15) is 0 Å². The summed E-state index contributed by atoms with van der Waals surface area (Å²) in [4.78, 5) is 33.8. The number of aromatic carboxylic acids is 1. The van der Waals surface area contributed by atoms with Gasteiger partial charge in [-0.25, -0.2) is 4.79 Å². The topological polar surface area (TPSA) is 89.9 Å². The molecule has 0 atom stereocenters. The standard InChI is InChI=1S/C13H14O6/c1-18-10-5-3-4-8(12(10)13(16)17)6-9(14)7-11(15)19-2/h3-5H,6-7H2,1-2H3,(H,16,17). The van der Waals surface area contributed by atoms with E-state index in [1.807, 2.05) is 0 Å². The Kier molecular flexibility index (Phi) is 5.05. The van der Waals surface area contributed by atoms with Crippen LogP contribution < -0.4 is 4.74 Å². The molecule has 6 nitrogen and oxygen atoms in total. The van der Waals surface area contributed by atoms with Crippen molar-refractivity contribution in [1.82, 2.24) is 0 Å². The van der Waals surface area contributed by atoms with Gasteiger partial charge in [-0.1, -0.05) is 12.1 Å². The third-order valence-electron chi connectivity index (χ3n) is 2.50. The van der Waals surface area contributed by atoms with Gasteiger partial charge in [0, 0.05) is 6.42 Å². The first-order chi connectivity index (χ1) is 8.99. The summed E-state index contributed by atoms with van der Waals surface area (Å²) in [6.07, 6.45) is -0.541. The molecule has 0 amide bonds. The van der Waals surface area contributed by atoms with E-state index in [-0.39, 0.29) is 24.2 Å². The van der Waals surface area contributed by atoms with E-state index in [0.717, 1.165) is 0 Å². The van der Waals surface area contributed by atoms with E-state index >= 15 is 0 Å². The highest BCUT2D eigenvalue weighted by Gasteiger charge is 2.19. The Bertz CT molecular complexity index is 506. The van der Waals surface area contributed by atoms with Gasteiger partial charge in [0.15, 0.2) is 0 Å². The smallest absolute Gasteiger partial charge is 0.339 e. The van der Waals surface area contributed by atoms with E-state index in [1.54, 1.807) is 6.07 Å². The fourth-order valence-electron chi connectivity index (χ4n) is 1.64. The summed E-state index contributed by atoms with van der Waals surface area (Å²) in [5.74, 6) is -2.07. The number of esters is 1. The predicted octanol–water partition coefficient (Wildman–Crippen LogP) is 1.07. The fraction of sp³-hybridized carbons (Fsp3) is 0.308. The maximum Gasteiger partial charge on any atom is 0.339 e. The Morgan fingerprint density at radius 3 is 2.42 bits per heavy atom. The minimum Gasteiger partial charge on any atom is -0.496 e. The van der Waals surface area contributed by atoms with Gasteiger partial charge in [-0.05, 0) is 11.6 Å². The first-order valence-corrected chi connectivity index (χ1v) is 5.47. The number of benzene rings is 1. The summed E-state index contributed by atoms with van der Waals surface area (Å²) >= 11 is 0. The molecule has 1 rings (SSSR count). The largest absolute Gasteiger partial charge is 0.496 e. The highest BCUT2D eigenvalue weighted by Crippen LogP contribution is 2.23. The first-order valence-electron chi connectivity index (χ1n) is 5.47. The molecule has 0 saturated heterocycles. The van der Waals surface area contributed by atoms with Crippen LogP contribution in [0.1, 0.15) is 22.3 Å². The Morgan fingerprint density at radius 2 is 1.89 bits per heavy atom. The Morgan fingerprint density at radius 1 is 1.21 bits per heavy atom. The number of methoxy groups -OCH3 is 2. The molecule has 1 N–H and O–H groups in total. The molecule has 0 spiro atoms. The number of Topliss-reactive ketones (excluding diaryl/α,β-unsaturated/α-hetero) is 1. The molecule has 0 radical (unpaired) electrons. The lowest BCUT2D eigenvalue weighted by atomic mass is 10.00. The highest BCUT2D eigenvalue weighted by atomic mass is 16.5. The summed E-state index contributed by atoms with van der Waals surface area (Å²) in [5.41, 5.74) is 0.240. The molecule has 19 heavy (non-hydrogen) atoms. The van der Waals surface area contributed by atoms with Gasteiger partial charge in [0.05, 0.1) is 14.2 Å². The van der Waals surface area contributed by atoms with E-state index in [1.165, 1.54) is 26.4 Å². The number of carbonyl (C=O) groups is 3. The molecule has 0 saturated carbocycles. The third-order valence-corrected chi connectivity index (χ3v) is 2.50. The Hall–Kier alpha value is -2.37. The van der Waals surface area contributed by atoms with Gasteiger partial charge >= 0.3 is 11.9 Å². The first kappa shape index (κ1) is 14.7. The van der Waals surface area contributed by atoms with Crippen LogP contribution >= 0.6 is 0 Å². The molecule has 102 valence electrons. The van der Waals surface area contributed by atoms with Crippen molar-refractivity contribution in [3.63, 3.8) is 0 Å². The van der Waals surface area contributed by atoms with Gasteiger partial charge in [0.1, 0.15) is 23.5 Å². The molecule has 0 bridgehead atoms. The lowest BCUT2D eigenvalue weighted by Gasteiger charge is -2.09. The van der Waals surface area contributed by atoms with Crippen LogP contribution in [0.2, 0.25) is 0 Å². The Labute approximate surface area is 109 Å². The number of rotatable bonds is 6. The van der Waals surface area contributed by atoms with Crippen molar-refractivity contribution in [2.45, 2.75) is 12.8 Å². The minimum atomic E-state index is -1.18. The maximum absolute atomic E-state index is 11.6. The molecule has 0 unspecified atom stereocenters. The zero-order valence-electron chi connectivity index (χ0n) is 10.6. The van der Waals surface area contributed by atoms with E-state index in [9.17, 15) is 14.4 Å². The van der Waals surface area contributed by atoms with Crippen molar-refractivity contribution >= 4 is 17.7 Å². The summed E-state index contributed by atoms with van der Waals surface area (Å²) in [7, 11) is 2.53. The molecule has 1 aromatic rings. The molecule has 0 fully saturated rings.